The van der Waals surface area contributed by atoms with Gasteiger partial charge in [-0.3, -0.25) is 9.59 Å². The number of hydrogen-bond donors (Lipinski definition) is 1. The zero-order valence-corrected chi connectivity index (χ0v) is 16.7. The van der Waals surface area contributed by atoms with E-state index in [1.54, 1.807) is 24.3 Å². The summed E-state index contributed by atoms with van der Waals surface area (Å²) in [6.45, 7) is 1.46. The molecule has 0 aromatic heterocycles. The van der Waals surface area contributed by atoms with Crippen molar-refractivity contribution >= 4 is 23.5 Å². The SMILES string of the molecule is COC(=O)[C@H]1CCCCC[C@@H]1NC1CCN(C(=O)c2ccc(Cl)cc2)CC1. The lowest BCUT2D eigenvalue weighted by Gasteiger charge is -2.36. The van der Waals surface area contributed by atoms with Gasteiger partial charge in [0.05, 0.1) is 13.0 Å². The van der Waals surface area contributed by atoms with Crippen LogP contribution < -0.4 is 5.32 Å². The monoisotopic (exact) mass is 392 g/mol. The van der Waals surface area contributed by atoms with Crippen LogP contribution in [-0.2, 0) is 9.53 Å². The topological polar surface area (TPSA) is 58.6 Å². The van der Waals surface area contributed by atoms with Crippen LogP contribution in [0, 0.1) is 5.92 Å². The lowest BCUT2D eigenvalue weighted by atomic mass is 9.92. The third kappa shape index (κ3) is 5.23. The van der Waals surface area contributed by atoms with Crippen molar-refractivity contribution in [2.75, 3.05) is 20.2 Å². The van der Waals surface area contributed by atoms with Crippen LogP contribution in [0.5, 0.6) is 0 Å². The number of nitrogens with one attached hydrogen (secondary N) is 1. The predicted octanol–water partition coefficient (Wildman–Crippen LogP) is 3.66. The van der Waals surface area contributed by atoms with E-state index >= 15 is 0 Å². The van der Waals surface area contributed by atoms with Crippen molar-refractivity contribution in [1.29, 1.82) is 0 Å². The van der Waals surface area contributed by atoms with E-state index < -0.39 is 0 Å². The number of rotatable bonds is 4. The summed E-state index contributed by atoms with van der Waals surface area (Å²) in [7, 11) is 1.48. The Bertz CT molecular complexity index is 641. The number of benzene rings is 1. The number of carbonyl (C=O) groups is 2. The average molecular weight is 393 g/mol. The van der Waals surface area contributed by atoms with Crippen LogP contribution in [0.2, 0.25) is 5.02 Å². The molecule has 1 amide bonds. The molecule has 1 heterocycles. The molecular formula is C21H29ClN2O3. The van der Waals surface area contributed by atoms with E-state index in [0.717, 1.165) is 51.6 Å². The van der Waals surface area contributed by atoms with Crippen LogP contribution in [0.3, 0.4) is 0 Å². The lowest BCUT2D eigenvalue weighted by molar-refractivity contribution is -0.146. The molecule has 2 atom stereocenters. The van der Waals surface area contributed by atoms with Crippen molar-refractivity contribution in [3.8, 4) is 0 Å². The number of hydrogen-bond acceptors (Lipinski definition) is 4. The first-order valence-corrected chi connectivity index (χ1v) is 10.3. The van der Waals surface area contributed by atoms with Gasteiger partial charge in [0.25, 0.3) is 5.91 Å². The molecule has 2 fully saturated rings. The van der Waals surface area contributed by atoms with Crippen LogP contribution >= 0.6 is 11.6 Å². The predicted molar refractivity (Wildman–Crippen MR) is 106 cm³/mol. The summed E-state index contributed by atoms with van der Waals surface area (Å²) < 4.78 is 5.03. The maximum Gasteiger partial charge on any atom is 0.310 e. The molecular weight excluding hydrogens is 364 g/mol. The summed E-state index contributed by atoms with van der Waals surface area (Å²) >= 11 is 5.90. The van der Waals surface area contributed by atoms with Gasteiger partial charge in [0.2, 0.25) is 0 Å². The second-order valence-electron chi connectivity index (χ2n) is 7.61. The van der Waals surface area contributed by atoms with Gasteiger partial charge in [0, 0.05) is 35.8 Å². The molecule has 1 aromatic carbocycles. The molecule has 0 radical (unpaired) electrons. The molecule has 0 bridgehead atoms. The van der Waals surface area contributed by atoms with Gasteiger partial charge in [-0.15, -0.1) is 0 Å². The molecule has 1 saturated carbocycles. The van der Waals surface area contributed by atoms with E-state index in [4.69, 9.17) is 16.3 Å². The molecule has 1 N–H and O–H groups in total. The molecule has 1 aliphatic carbocycles. The van der Waals surface area contributed by atoms with Crippen molar-refractivity contribution in [2.24, 2.45) is 5.92 Å². The molecule has 6 heteroatoms. The number of halogens is 1. The molecule has 0 unspecified atom stereocenters. The quantitative estimate of drug-likeness (QED) is 0.627. The first kappa shape index (κ1) is 20.2. The van der Waals surface area contributed by atoms with Crippen molar-refractivity contribution in [2.45, 2.75) is 57.0 Å². The van der Waals surface area contributed by atoms with Crippen molar-refractivity contribution in [3.63, 3.8) is 0 Å². The molecule has 0 spiro atoms. The number of amides is 1. The molecule has 2 aliphatic rings. The maximum absolute atomic E-state index is 12.6. The normalized spacial score (nSPS) is 24.3. The molecule has 1 saturated heterocycles. The minimum atomic E-state index is -0.0928. The van der Waals surface area contributed by atoms with Gasteiger partial charge in [-0.05, 0) is 49.9 Å². The highest BCUT2D eigenvalue weighted by molar-refractivity contribution is 6.30. The highest BCUT2D eigenvalue weighted by atomic mass is 35.5. The smallest absolute Gasteiger partial charge is 0.310 e. The maximum atomic E-state index is 12.6. The fraction of sp³-hybridized carbons (Fsp3) is 0.619. The molecule has 1 aliphatic heterocycles. The van der Waals surface area contributed by atoms with Crippen LogP contribution in [0.4, 0.5) is 0 Å². The molecule has 148 valence electrons. The van der Waals surface area contributed by atoms with Crippen LogP contribution in [0.1, 0.15) is 55.3 Å². The first-order valence-electron chi connectivity index (χ1n) is 9.97. The Morgan fingerprint density at radius 3 is 2.37 bits per heavy atom. The average Bonchev–Trinajstić information content (AvgIpc) is 2.93. The Morgan fingerprint density at radius 2 is 1.70 bits per heavy atom. The second-order valence-corrected chi connectivity index (χ2v) is 8.05. The Hall–Kier alpha value is -1.59. The first-order chi connectivity index (χ1) is 13.1. The van der Waals surface area contributed by atoms with E-state index in [0.29, 0.717) is 16.6 Å². The zero-order valence-electron chi connectivity index (χ0n) is 16.0. The Morgan fingerprint density at radius 1 is 1.04 bits per heavy atom. The van der Waals surface area contributed by atoms with Crippen LogP contribution in [0.25, 0.3) is 0 Å². The zero-order chi connectivity index (χ0) is 19.2. The molecule has 1 aromatic rings. The fourth-order valence-electron chi connectivity index (χ4n) is 4.27. The minimum absolute atomic E-state index is 0.0498. The van der Waals surface area contributed by atoms with E-state index in [1.807, 2.05) is 4.90 Å². The number of esters is 1. The highest BCUT2D eigenvalue weighted by Crippen LogP contribution is 2.26. The number of methoxy groups -OCH3 is 1. The van der Waals surface area contributed by atoms with Gasteiger partial charge in [0.1, 0.15) is 0 Å². The highest BCUT2D eigenvalue weighted by Gasteiger charge is 2.33. The number of carbonyl (C=O) groups excluding carboxylic acids is 2. The van der Waals surface area contributed by atoms with E-state index in [-0.39, 0.29) is 23.8 Å². The van der Waals surface area contributed by atoms with Crippen LogP contribution in [-0.4, -0.2) is 49.1 Å². The van der Waals surface area contributed by atoms with Gasteiger partial charge in [-0.25, -0.2) is 0 Å². The van der Waals surface area contributed by atoms with Gasteiger partial charge in [-0.1, -0.05) is 30.9 Å². The number of likely N-dealkylation sites (tertiary alicyclic amines) is 1. The summed E-state index contributed by atoms with van der Waals surface area (Å²) in [6, 6.07) is 7.59. The van der Waals surface area contributed by atoms with Crippen molar-refractivity contribution in [3.05, 3.63) is 34.9 Å². The third-order valence-electron chi connectivity index (χ3n) is 5.84. The Balaban J connectivity index is 1.54. The fourth-order valence-corrected chi connectivity index (χ4v) is 4.39. The summed E-state index contributed by atoms with van der Waals surface area (Å²) in [6.07, 6.45) is 7.15. The summed E-state index contributed by atoms with van der Waals surface area (Å²) in [5.41, 5.74) is 0.681. The minimum Gasteiger partial charge on any atom is -0.469 e. The van der Waals surface area contributed by atoms with Gasteiger partial charge >= 0.3 is 5.97 Å². The summed E-state index contributed by atoms with van der Waals surface area (Å²) in [5.74, 6) is -0.0806. The standard InChI is InChI=1S/C21H29ClN2O3/c1-27-21(26)18-5-3-2-4-6-19(18)23-17-11-13-24(14-12-17)20(25)15-7-9-16(22)10-8-15/h7-10,17-19,23H,2-6,11-14H2,1H3/t18-,19-/m0/s1. The summed E-state index contributed by atoms with van der Waals surface area (Å²) in [4.78, 5) is 26.7. The van der Waals surface area contributed by atoms with E-state index in [2.05, 4.69) is 5.32 Å². The lowest BCUT2D eigenvalue weighted by Crippen LogP contribution is -2.50. The van der Waals surface area contributed by atoms with E-state index in [1.165, 1.54) is 13.5 Å². The van der Waals surface area contributed by atoms with Crippen molar-refractivity contribution < 1.29 is 14.3 Å². The Kier molecular flexibility index (Phi) is 7.13. The third-order valence-corrected chi connectivity index (χ3v) is 6.09. The summed E-state index contributed by atoms with van der Waals surface area (Å²) in [5, 5.41) is 4.35. The molecule has 5 nitrogen and oxygen atoms in total. The number of piperidine rings is 1. The number of ether oxygens (including phenoxy) is 1. The largest absolute Gasteiger partial charge is 0.469 e. The van der Waals surface area contributed by atoms with Gasteiger partial charge in [-0.2, -0.15) is 0 Å². The second kappa shape index (κ2) is 9.56. The molecule has 3 rings (SSSR count). The van der Waals surface area contributed by atoms with E-state index in [9.17, 15) is 9.59 Å². The number of nitrogens with zero attached hydrogens (tertiary/aromatic N) is 1. The molecule has 27 heavy (non-hydrogen) atoms. The van der Waals surface area contributed by atoms with Crippen LogP contribution in [0.15, 0.2) is 24.3 Å². The van der Waals surface area contributed by atoms with Gasteiger partial charge in [0.15, 0.2) is 0 Å². The Labute approximate surface area is 166 Å². The van der Waals surface area contributed by atoms with Gasteiger partial charge < -0.3 is 15.0 Å². The van der Waals surface area contributed by atoms with Crippen molar-refractivity contribution in [1.82, 2.24) is 10.2 Å².